The van der Waals surface area contributed by atoms with Crippen molar-refractivity contribution in [2.24, 2.45) is 0 Å². The first kappa shape index (κ1) is 26.0. The molecule has 3 N–H and O–H groups in total. The molecule has 0 atom stereocenters. The van der Waals surface area contributed by atoms with Gasteiger partial charge in [-0.2, -0.15) is 12.7 Å². The second-order valence-electron chi connectivity index (χ2n) is 10.8. The summed E-state index contributed by atoms with van der Waals surface area (Å²) in [5, 5.41) is 1.06. The number of nitrogen functional groups attached to an aromatic ring is 1. The van der Waals surface area contributed by atoms with Crippen LogP contribution in [0.1, 0.15) is 24.6 Å². The molecule has 7 rings (SSSR count). The summed E-state index contributed by atoms with van der Waals surface area (Å²) in [6, 6.07) is 21.0. The van der Waals surface area contributed by atoms with Gasteiger partial charge in [0.05, 0.1) is 11.2 Å². The second-order valence-corrected chi connectivity index (χ2v) is 12.7. The molecule has 3 aromatic heterocycles. The number of fused-ring (bicyclic) bond motifs is 2. The van der Waals surface area contributed by atoms with E-state index >= 15 is 0 Å². The highest BCUT2D eigenvalue weighted by molar-refractivity contribution is 7.87. The van der Waals surface area contributed by atoms with Crippen molar-refractivity contribution in [3.05, 3.63) is 78.9 Å². The van der Waals surface area contributed by atoms with Crippen LogP contribution in [0, 0.1) is 0 Å². The zero-order chi connectivity index (χ0) is 28.1. The molecule has 0 bridgehead atoms. The monoisotopic (exact) mass is 568 g/mol. The van der Waals surface area contributed by atoms with Crippen molar-refractivity contribution >= 4 is 32.4 Å². The average Bonchev–Trinajstić information content (AvgIpc) is 3.37. The van der Waals surface area contributed by atoms with Crippen LogP contribution in [0.15, 0.2) is 73.1 Å². The van der Waals surface area contributed by atoms with E-state index in [0.29, 0.717) is 24.9 Å². The van der Waals surface area contributed by atoms with Crippen LogP contribution in [0.3, 0.4) is 0 Å². The first-order chi connectivity index (χ1) is 19.9. The summed E-state index contributed by atoms with van der Waals surface area (Å²) in [5.41, 5.74) is 11.9. The van der Waals surface area contributed by atoms with Crippen molar-refractivity contribution in [3.8, 4) is 22.5 Å². The van der Waals surface area contributed by atoms with E-state index in [1.807, 2.05) is 24.4 Å². The number of imidazole rings is 1. The number of anilines is 1. The standard InChI is InChI=1S/C30H32N8O2S/c1-32-41(39,40)37-15-13-36(14-16-37)24-17-23(18-24)30-35-27(28-29(31)33-11-12-38(28)30)22-8-7-21-9-10-25(34-26(21)19-22)20-5-3-2-4-6-20/h2-12,19,23-24,32H,13-18H2,1H3,(H2,31,33). The van der Waals surface area contributed by atoms with E-state index in [4.69, 9.17) is 15.7 Å². The normalized spacial score (nSPS) is 20.4. The number of hydrogen-bond acceptors (Lipinski definition) is 7. The Morgan fingerprint density at radius 3 is 2.44 bits per heavy atom. The first-order valence-electron chi connectivity index (χ1n) is 13.9. The molecular formula is C30H32N8O2S. The van der Waals surface area contributed by atoms with Gasteiger partial charge >= 0.3 is 0 Å². The number of pyridine rings is 1. The Hall–Kier alpha value is -3.90. The van der Waals surface area contributed by atoms with Gasteiger partial charge in [0.15, 0.2) is 0 Å². The van der Waals surface area contributed by atoms with Gasteiger partial charge in [-0.3, -0.25) is 9.30 Å². The molecule has 2 aliphatic rings. The molecule has 1 saturated carbocycles. The summed E-state index contributed by atoms with van der Waals surface area (Å²) < 4.78 is 30.3. The van der Waals surface area contributed by atoms with Gasteiger partial charge in [0.1, 0.15) is 22.9 Å². The topological polar surface area (TPSA) is 122 Å². The van der Waals surface area contributed by atoms with Crippen molar-refractivity contribution in [1.82, 2.24) is 33.3 Å². The van der Waals surface area contributed by atoms with Crippen LogP contribution in [-0.4, -0.2) is 76.2 Å². The Morgan fingerprint density at radius 2 is 1.68 bits per heavy atom. The molecule has 1 saturated heterocycles. The average molecular weight is 569 g/mol. The molecule has 5 aromatic rings. The number of benzene rings is 2. The van der Waals surface area contributed by atoms with Crippen LogP contribution in [0.2, 0.25) is 0 Å². The van der Waals surface area contributed by atoms with Gasteiger partial charge < -0.3 is 5.73 Å². The summed E-state index contributed by atoms with van der Waals surface area (Å²) in [7, 11) is -1.92. The minimum absolute atomic E-state index is 0.283. The summed E-state index contributed by atoms with van der Waals surface area (Å²) in [5.74, 6) is 1.72. The molecular weight excluding hydrogens is 536 g/mol. The predicted octanol–water partition coefficient (Wildman–Crippen LogP) is 3.52. The predicted molar refractivity (Wildman–Crippen MR) is 160 cm³/mol. The Morgan fingerprint density at radius 1 is 0.927 bits per heavy atom. The third kappa shape index (κ3) is 4.64. The maximum Gasteiger partial charge on any atom is 0.279 e. The zero-order valence-corrected chi connectivity index (χ0v) is 23.6. The SMILES string of the molecule is CNS(=O)(=O)N1CCN(C2CC(c3nc(-c4ccc5ccc(-c6ccccc6)nc5c4)c4c(N)nccn34)C2)CC1. The van der Waals surface area contributed by atoms with E-state index in [9.17, 15) is 8.42 Å². The van der Waals surface area contributed by atoms with Gasteiger partial charge in [0.25, 0.3) is 10.2 Å². The third-order valence-corrected chi connectivity index (χ3v) is 10.1. The van der Waals surface area contributed by atoms with Crippen molar-refractivity contribution in [2.45, 2.75) is 24.8 Å². The van der Waals surface area contributed by atoms with E-state index in [2.05, 4.69) is 61.5 Å². The molecule has 2 fully saturated rings. The Balaban J connectivity index is 1.17. The number of nitrogens with one attached hydrogen (secondary N) is 1. The molecule has 210 valence electrons. The number of hydrogen-bond donors (Lipinski definition) is 2. The van der Waals surface area contributed by atoms with Crippen molar-refractivity contribution in [2.75, 3.05) is 39.0 Å². The van der Waals surface area contributed by atoms with E-state index in [-0.39, 0.29) is 5.92 Å². The molecule has 0 spiro atoms. The number of piperazine rings is 1. The lowest BCUT2D eigenvalue weighted by atomic mass is 9.78. The van der Waals surface area contributed by atoms with Gasteiger partial charge in [-0.05, 0) is 25.0 Å². The molecule has 0 unspecified atom stereocenters. The van der Waals surface area contributed by atoms with Crippen LogP contribution in [0.25, 0.3) is 38.9 Å². The van der Waals surface area contributed by atoms with Gasteiger partial charge in [-0.1, -0.05) is 48.5 Å². The van der Waals surface area contributed by atoms with Crippen LogP contribution in [-0.2, 0) is 10.2 Å². The van der Waals surface area contributed by atoms with Crippen LogP contribution in [0.5, 0.6) is 0 Å². The highest BCUT2D eigenvalue weighted by Crippen LogP contribution is 2.42. The number of nitrogens with zero attached hydrogens (tertiary/aromatic N) is 6. The van der Waals surface area contributed by atoms with Crippen molar-refractivity contribution in [3.63, 3.8) is 0 Å². The maximum atomic E-state index is 12.1. The Bertz CT molecular complexity index is 1840. The minimum atomic E-state index is -3.37. The van der Waals surface area contributed by atoms with Crippen LogP contribution in [0.4, 0.5) is 5.82 Å². The fourth-order valence-corrected chi connectivity index (χ4v) is 7.05. The van der Waals surface area contributed by atoms with E-state index in [1.165, 1.54) is 11.4 Å². The minimum Gasteiger partial charge on any atom is -0.382 e. The summed E-state index contributed by atoms with van der Waals surface area (Å²) >= 11 is 0. The summed E-state index contributed by atoms with van der Waals surface area (Å²) in [4.78, 5) is 16.9. The highest BCUT2D eigenvalue weighted by atomic mass is 32.2. The Labute approximate surface area is 239 Å². The molecule has 10 nitrogen and oxygen atoms in total. The number of nitrogens with two attached hydrogens (primary N) is 1. The quantitative estimate of drug-likeness (QED) is 0.321. The number of aromatic nitrogens is 4. The van der Waals surface area contributed by atoms with Crippen LogP contribution >= 0.6 is 0 Å². The third-order valence-electron chi connectivity index (χ3n) is 8.51. The fourth-order valence-electron chi connectivity index (χ4n) is 6.15. The molecule has 2 aromatic carbocycles. The van der Waals surface area contributed by atoms with Gasteiger partial charge in [0, 0.05) is 74.1 Å². The van der Waals surface area contributed by atoms with Crippen molar-refractivity contribution < 1.29 is 8.42 Å². The highest BCUT2D eigenvalue weighted by Gasteiger charge is 2.39. The summed E-state index contributed by atoms with van der Waals surface area (Å²) in [6.45, 7) is 2.48. The van der Waals surface area contributed by atoms with Gasteiger partial charge in [-0.25, -0.2) is 19.7 Å². The smallest absolute Gasteiger partial charge is 0.279 e. The zero-order valence-electron chi connectivity index (χ0n) is 22.8. The van der Waals surface area contributed by atoms with Gasteiger partial charge in [-0.15, -0.1) is 0 Å². The lowest BCUT2D eigenvalue weighted by Gasteiger charge is -2.45. The van der Waals surface area contributed by atoms with E-state index in [0.717, 1.165) is 70.7 Å². The fraction of sp³-hybridized carbons (Fsp3) is 0.300. The molecule has 1 aliphatic heterocycles. The van der Waals surface area contributed by atoms with Gasteiger partial charge in [0.2, 0.25) is 0 Å². The van der Waals surface area contributed by atoms with Crippen molar-refractivity contribution in [1.29, 1.82) is 0 Å². The molecule has 4 heterocycles. The molecule has 41 heavy (non-hydrogen) atoms. The molecule has 0 radical (unpaired) electrons. The molecule has 11 heteroatoms. The van der Waals surface area contributed by atoms with E-state index in [1.54, 1.807) is 6.20 Å². The van der Waals surface area contributed by atoms with Crippen LogP contribution < -0.4 is 10.5 Å². The van der Waals surface area contributed by atoms with E-state index < -0.39 is 10.2 Å². The Kier molecular flexibility index (Phi) is 6.46. The largest absolute Gasteiger partial charge is 0.382 e. The number of rotatable bonds is 6. The molecule has 1 aliphatic carbocycles. The maximum absolute atomic E-state index is 12.1. The lowest BCUT2D eigenvalue weighted by molar-refractivity contribution is 0.0728. The lowest BCUT2D eigenvalue weighted by Crippen LogP contribution is -2.56. The first-order valence-corrected chi connectivity index (χ1v) is 15.4. The summed E-state index contributed by atoms with van der Waals surface area (Å²) in [6.07, 6.45) is 5.61. The molecule has 0 amide bonds. The second kappa shape index (κ2) is 10.2.